The second-order valence-electron chi connectivity index (χ2n) is 4.85. The van der Waals surface area contributed by atoms with Gasteiger partial charge in [-0.15, -0.1) is 0 Å². The van der Waals surface area contributed by atoms with Gasteiger partial charge in [-0.2, -0.15) is 0 Å². The number of aliphatic hydroxyl groups excluding tert-OH is 1. The molecule has 1 aromatic heterocycles. The molecule has 2 heterocycles. The molecule has 0 spiro atoms. The van der Waals surface area contributed by atoms with Crippen molar-refractivity contribution in [2.75, 3.05) is 19.6 Å². The lowest BCUT2D eigenvalue weighted by Gasteiger charge is -2.31. The number of pyridine rings is 1. The second kappa shape index (κ2) is 6.88. The smallest absolute Gasteiger partial charge is 0.407 e. The Balaban J connectivity index is 1.77. The first-order valence-electron chi connectivity index (χ1n) is 6.58. The molecule has 1 atom stereocenters. The molecule has 1 aliphatic heterocycles. The predicted molar refractivity (Wildman–Crippen MR) is 74.8 cm³/mol. The zero-order valence-corrected chi connectivity index (χ0v) is 11.8. The summed E-state index contributed by atoms with van der Waals surface area (Å²) in [6, 6.07) is 5.36. The summed E-state index contributed by atoms with van der Waals surface area (Å²) in [4.78, 5) is 16.3. The summed E-state index contributed by atoms with van der Waals surface area (Å²) in [5.74, 6) is 0. The van der Waals surface area contributed by atoms with Crippen LogP contribution in [0.3, 0.4) is 0 Å². The number of rotatable bonds is 4. The van der Waals surface area contributed by atoms with E-state index >= 15 is 0 Å². The highest BCUT2D eigenvalue weighted by molar-refractivity contribution is 6.29. The maximum Gasteiger partial charge on any atom is 0.407 e. The molecule has 0 aromatic carbocycles. The molecule has 1 amide bonds. The standard InChI is InChI=1S/C13H18ClN3O3/c14-12-3-1-2-10(16-12)11(18)8-15-9-4-6-17(7-5-9)13(19)20/h1-3,9,11,15,18H,4-8H2,(H,19,20)/t11-/m1/s1. The van der Waals surface area contributed by atoms with Gasteiger partial charge in [0, 0.05) is 25.7 Å². The highest BCUT2D eigenvalue weighted by Gasteiger charge is 2.22. The summed E-state index contributed by atoms with van der Waals surface area (Å²) in [7, 11) is 0. The van der Waals surface area contributed by atoms with E-state index in [1.807, 2.05) is 0 Å². The van der Waals surface area contributed by atoms with Crippen molar-refractivity contribution in [3.05, 3.63) is 29.0 Å². The van der Waals surface area contributed by atoms with Gasteiger partial charge in [0.1, 0.15) is 11.3 Å². The molecular formula is C13H18ClN3O3. The average molecular weight is 300 g/mol. The molecule has 1 fully saturated rings. The summed E-state index contributed by atoms with van der Waals surface area (Å²) in [6.45, 7) is 1.43. The molecule has 110 valence electrons. The minimum absolute atomic E-state index is 0.222. The SMILES string of the molecule is O=C(O)N1CCC(NC[C@@H](O)c2cccc(Cl)n2)CC1. The van der Waals surface area contributed by atoms with E-state index in [0.717, 1.165) is 12.8 Å². The number of carboxylic acid groups (broad SMARTS) is 1. The minimum atomic E-state index is -0.869. The molecule has 6 nitrogen and oxygen atoms in total. The quantitative estimate of drug-likeness (QED) is 0.734. The lowest BCUT2D eigenvalue weighted by atomic mass is 10.0. The van der Waals surface area contributed by atoms with Crippen LogP contribution in [-0.2, 0) is 0 Å². The van der Waals surface area contributed by atoms with Crippen molar-refractivity contribution in [2.24, 2.45) is 0 Å². The third-order valence-electron chi connectivity index (χ3n) is 3.44. The Morgan fingerprint density at radius 1 is 1.50 bits per heavy atom. The molecule has 1 aliphatic rings. The Hall–Kier alpha value is -1.37. The highest BCUT2D eigenvalue weighted by atomic mass is 35.5. The number of nitrogens with one attached hydrogen (secondary N) is 1. The summed E-state index contributed by atoms with van der Waals surface area (Å²) >= 11 is 5.78. The van der Waals surface area contributed by atoms with Gasteiger partial charge in [-0.25, -0.2) is 9.78 Å². The van der Waals surface area contributed by atoms with Crippen LogP contribution in [-0.4, -0.2) is 51.9 Å². The van der Waals surface area contributed by atoms with Gasteiger partial charge >= 0.3 is 6.09 Å². The van der Waals surface area contributed by atoms with E-state index in [2.05, 4.69) is 10.3 Å². The number of piperidine rings is 1. The van der Waals surface area contributed by atoms with Crippen molar-refractivity contribution in [3.63, 3.8) is 0 Å². The van der Waals surface area contributed by atoms with Gasteiger partial charge in [0.15, 0.2) is 0 Å². The van der Waals surface area contributed by atoms with Crippen molar-refractivity contribution in [1.82, 2.24) is 15.2 Å². The summed E-state index contributed by atoms with van der Waals surface area (Å²) < 4.78 is 0. The van der Waals surface area contributed by atoms with E-state index in [-0.39, 0.29) is 6.04 Å². The molecule has 7 heteroatoms. The van der Waals surface area contributed by atoms with Crippen LogP contribution in [0.1, 0.15) is 24.6 Å². The maximum absolute atomic E-state index is 10.8. The topological polar surface area (TPSA) is 85.7 Å². The predicted octanol–water partition coefficient (Wildman–Crippen LogP) is 1.50. The van der Waals surface area contributed by atoms with Crippen molar-refractivity contribution < 1.29 is 15.0 Å². The lowest BCUT2D eigenvalue weighted by molar-refractivity contribution is 0.122. The molecule has 1 aromatic rings. The van der Waals surface area contributed by atoms with Crippen LogP contribution < -0.4 is 5.32 Å². The van der Waals surface area contributed by atoms with Crippen LogP contribution >= 0.6 is 11.6 Å². The largest absolute Gasteiger partial charge is 0.465 e. The van der Waals surface area contributed by atoms with Crippen LogP contribution in [0.4, 0.5) is 4.79 Å². The number of hydrogen-bond acceptors (Lipinski definition) is 4. The zero-order valence-electron chi connectivity index (χ0n) is 11.0. The Morgan fingerprint density at radius 2 is 2.20 bits per heavy atom. The molecule has 0 saturated carbocycles. The Bertz CT molecular complexity index is 464. The molecular weight excluding hydrogens is 282 g/mol. The van der Waals surface area contributed by atoms with Crippen molar-refractivity contribution in [2.45, 2.75) is 25.0 Å². The lowest BCUT2D eigenvalue weighted by Crippen LogP contribution is -2.45. The minimum Gasteiger partial charge on any atom is -0.465 e. The number of carbonyl (C=O) groups is 1. The van der Waals surface area contributed by atoms with Crippen LogP contribution in [0.15, 0.2) is 18.2 Å². The van der Waals surface area contributed by atoms with Crippen LogP contribution in [0, 0.1) is 0 Å². The number of nitrogens with zero attached hydrogens (tertiary/aromatic N) is 2. The Morgan fingerprint density at radius 3 is 2.80 bits per heavy atom. The fourth-order valence-corrected chi connectivity index (χ4v) is 2.44. The van der Waals surface area contributed by atoms with E-state index in [9.17, 15) is 9.90 Å². The first-order valence-corrected chi connectivity index (χ1v) is 6.96. The van der Waals surface area contributed by atoms with Gasteiger partial charge in [-0.1, -0.05) is 17.7 Å². The molecule has 0 radical (unpaired) electrons. The molecule has 20 heavy (non-hydrogen) atoms. The van der Waals surface area contributed by atoms with Crippen molar-refractivity contribution in [1.29, 1.82) is 0 Å². The number of halogens is 1. The van der Waals surface area contributed by atoms with Crippen LogP contribution in [0.5, 0.6) is 0 Å². The number of likely N-dealkylation sites (tertiary alicyclic amines) is 1. The van der Waals surface area contributed by atoms with Crippen molar-refractivity contribution in [3.8, 4) is 0 Å². The average Bonchev–Trinajstić information content (AvgIpc) is 2.45. The molecule has 0 bridgehead atoms. The maximum atomic E-state index is 10.8. The first-order chi connectivity index (χ1) is 9.56. The summed E-state index contributed by atoms with van der Waals surface area (Å²) in [5, 5.41) is 22.5. The highest BCUT2D eigenvalue weighted by Crippen LogP contribution is 2.15. The second-order valence-corrected chi connectivity index (χ2v) is 5.24. The van der Waals surface area contributed by atoms with Gasteiger partial charge in [-0.05, 0) is 25.0 Å². The monoisotopic (exact) mass is 299 g/mol. The van der Waals surface area contributed by atoms with E-state index in [0.29, 0.717) is 30.5 Å². The third-order valence-corrected chi connectivity index (χ3v) is 3.65. The number of amides is 1. The van der Waals surface area contributed by atoms with Gasteiger partial charge < -0.3 is 20.4 Å². The number of aromatic nitrogens is 1. The number of hydrogen-bond donors (Lipinski definition) is 3. The molecule has 2 rings (SSSR count). The van der Waals surface area contributed by atoms with Crippen LogP contribution in [0.25, 0.3) is 0 Å². The van der Waals surface area contributed by atoms with E-state index in [1.165, 1.54) is 4.90 Å². The Labute approximate surface area is 122 Å². The van der Waals surface area contributed by atoms with Gasteiger partial charge in [-0.3, -0.25) is 0 Å². The molecule has 3 N–H and O–H groups in total. The number of aliphatic hydroxyl groups is 1. The summed E-state index contributed by atoms with van der Waals surface area (Å²) in [5.41, 5.74) is 0.535. The fourth-order valence-electron chi connectivity index (χ4n) is 2.27. The summed E-state index contributed by atoms with van der Waals surface area (Å²) in [6.07, 6.45) is -0.0814. The molecule has 0 unspecified atom stereocenters. The van der Waals surface area contributed by atoms with E-state index in [4.69, 9.17) is 16.7 Å². The molecule has 1 saturated heterocycles. The van der Waals surface area contributed by atoms with Gasteiger partial charge in [0.2, 0.25) is 0 Å². The van der Waals surface area contributed by atoms with Gasteiger partial charge in [0.25, 0.3) is 0 Å². The fraction of sp³-hybridized carbons (Fsp3) is 0.538. The third kappa shape index (κ3) is 4.06. The van der Waals surface area contributed by atoms with Crippen molar-refractivity contribution >= 4 is 17.7 Å². The van der Waals surface area contributed by atoms with Gasteiger partial charge in [0.05, 0.1) is 5.69 Å². The first kappa shape index (κ1) is 15.0. The molecule has 0 aliphatic carbocycles. The Kier molecular flexibility index (Phi) is 5.17. The van der Waals surface area contributed by atoms with Crippen LogP contribution in [0.2, 0.25) is 5.15 Å². The van der Waals surface area contributed by atoms with E-state index in [1.54, 1.807) is 18.2 Å². The zero-order chi connectivity index (χ0) is 14.5. The normalized spacial score (nSPS) is 18.0. The van der Waals surface area contributed by atoms with E-state index < -0.39 is 12.2 Å².